The first-order valence-electron chi connectivity index (χ1n) is 6.47. The van der Waals surface area contributed by atoms with E-state index in [1.54, 1.807) is 18.2 Å². The Bertz CT molecular complexity index is 421. The molecule has 1 rings (SSSR count). The molecule has 0 unspecified atom stereocenters. The average Bonchev–Trinajstić information content (AvgIpc) is 2.42. The third kappa shape index (κ3) is 4.13. The summed E-state index contributed by atoms with van der Waals surface area (Å²) in [7, 11) is 1.34. The van der Waals surface area contributed by atoms with Crippen LogP contribution in [0.25, 0.3) is 0 Å². The summed E-state index contributed by atoms with van der Waals surface area (Å²) < 4.78 is 4.66. The van der Waals surface area contributed by atoms with Crippen molar-refractivity contribution in [1.82, 2.24) is 0 Å². The summed E-state index contributed by atoms with van der Waals surface area (Å²) in [4.78, 5) is 13.4. The fourth-order valence-corrected chi connectivity index (χ4v) is 1.91. The van der Waals surface area contributed by atoms with E-state index in [0.717, 1.165) is 25.1 Å². The Kier molecular flexibility index (Phi) is 6.15. The van der Waals surface area contributed by atoms with E-state index in [2.05, 4.69) is 11.7 Å². The SMILES string of the molecule is CCCCN(CCO)c1ccc(C(=O)OC)cc1N. The zero-order chi connectivity index (χ0) is 14.3. The molecule has 0 aliphatic rings. The van der Waals surface area contributed by atoms with Crippen molar-refractivity contribution in [3.05, 3.63) is 23.8 Å². The largest absolute Gasteiger partial charge is 0.465 e. The van der Waals surface area contributed by atoms with Crippen molar-refractivity contribution < 1.29 is 14.6 Å². The molecule has 0 saturated heterocycles. The maximum absolute atomic E-state index is 11.4. The van der Waals surface area contributed by atoms with E-state index in [1.807, 2.05) is 4.90 Å². The lowest BCUT2D eigenvalue weighted by Gasteiger charge is -2.25. The highest BCUT2D eigenvalue weighted by Crippen LogP contribution is 2.25. The number of aliphatic hydroxyl groups is 1. The molecule has 106 valence electrons. The minimum atomic E-state index is -0.402. The van der Waals surface area contributed by atoms with E-state index < -0.39 is 5.97 Å². The molecule has 0 radical (unpaired) electrons. The van der Waals surface area contributed by atoms with Gasteiger partial charge >= 0.3 is 5.97 Å². The van der Waals surface area contributed by atoms with E-state index in [9.17, 15) is 4.79 Å². The van der Waals surface area contributed by atoms with Gasteiger partial charge in [-0.05, 0) is 24.6 Å². The Morgan fingerprint density at radius 3 is 2.68 bits per heavy atom. The number of methoxy groups -OCH3 is 1. The number of aliphatic hydroxyl groups excluding tert-OH is 1. The van der Waals surface area contributed by atoms with E-state index in [1.165, 1.54) is 7.11 Å². The Morgan fingerprint density at radius 1 is 1.42 bits per heavy atom. The van der Waals surface area contributed by atoms with Gasteiger partial charge in [-0.2, -0.15) is 0 Å². The van der Waals surface area contributed by atoms with Crippen molar-refractivity contribution >= 4 is 17.3 Å². The smallest absolute Gasteiger partial charge is 0.337 e. The molecule has 0 saturated carbocycles. The number of esters is 1. The number of benzene rings is 1. The zero-order valence-corrected chi connectivity index (χ0v) is 11.6. The number of carbonyl (C=O) groups excluding carboxylic acids is 1. The fourth-order valence-electron chi connectivity index (χ4n) is 1.91. The van der Waals surface area contributed by atoms with Crippen molar-refractivity contribution in [2.24, 2.45) is 0 Å². The van der Waals surface area contributed by atoms with Crippen LogP contribution in [0, 0.1) is 0 Å². The highest BCUT2D eigenvalue weighted by atomic mass is 16.5. The highest BCUT2D eigenvalue weighted by Gasteiger charge is 2.12. The summed E-state index contributed by atoms with van der Waals surface area (Å²) >= 11 is 0. The van der Waals surface area contributed by atoms with E-state index in [0.29, 0.717) is 17.8 Å². The molecule has 0 aliphatic heterocycles. The number of nitrogen functional groups attached to an aromatic ring is 1. The van der Waals surface area contributed by atoms with Crippen LogP contribution in [0.3, 0.4) is 0 Å². The van der Waals surface area contributed by atoms with Gasteiger partial charge in [-0.25, -0.2) is 4.79 Å². The summed E-state index contributed by atoms with van der Waals surface area (Å²) in [5.41, 5.74) is 7.78. The van der Waals surface area contributed by atoms with E-state index in [4.69, 9.17) is 10.8 Å². The van der Waals surface area contributed by atoms with Gasteiger partial charge in [-0.1, -0.05) is 13.3 Å². The molecule has 0 atom stereocenters. The minimum absolute atomic E-state index is 0.0713. The van der Waals surface area contributed by atoms with Crippen LogP contribution in [0.5, 0.6) is 0 Å². The molecule has 0 bridgehead atoms. The molecule has 0 fully saturated rings. The van der Waals surface area contributed by atoms with Crippen molar-refractivity contribution in [2.75, 3.05) is 37.4 Å². The third-order valence-corrected chi connectivity index (χ3v) is 2.94. The number of nitrogens with two attached hydrogens (primary N) is 1. The fraction of sp³-hybridized carbons (Fsp3) is 0.500. The minimum Gasteiger partial charge on any atom is -0.465 e. The van der Waals surface area contributed by atoms with Crippen LogP contribution in [0.2, 0.25) is 0 Å². The lowest BCUT2D eigenvalue weighted by Crippen LogP contribution is -2.28. The van der Waals surface area contributed by atoms with Gasteiger partial charge < -0.3 is 20.5 Å². The maximum Gasteiger partial charge on any atom is 0.337 e. The molecule has 19 heavy (non-hydrogen) atoms. The molecular weight excluding hydrogens is 244 g/mol. The Labute approximate surface area is 114 Å². The molecule has 1 aromatic carbocycles. The van der Waals surface area contributed by atoms with Gasteiger partial charge in [0, 0.05) is 13.1 Å². The molecular formula is C14H22N2O3. The van der Waals surface area contributed by atoms with Gasteiger partial charge in [0.2, 0.25) is 0 Å². The highest BCUT2D eigenvalue weighted by molar-refractivity contribution is 5.91. The lowest BCUT2D eigenvalue weighted by atomic mass is 10.1. The van der Waals surface area contributed by atoms with Crippen LogP contribution in [0.1, 0.15) is 30.1 Å². The number of unbranched alkanes of at least 4 members (excludes halogenated alkanes) is 1. The first-order chi connectivity index (χ1) is 9.13. The van der Waals surface area contributed by atoms with Gasteiger partial charge in [-0.3, -0.25) is 0 Å². The van der Waals surface area contributed by atoms with Crippen LogP contribution in [0.4, 0.5) is 11.4 Å². The van der Waals surface area contributed by atoms with E-state index >= 15 is 0 Å². The molecule has 0 aromatic heterocycles. The molecule has 0 heterocycles. The Hall–Kier alpha value is -1.75. The average molecular weight is 266 g/mol. The molecule has 0 amide bonds. The Morgan fingerprint density at radius 2 is 2.16 bits per heavy atom. The number of hydrogen-bond acceptors (Lipinski definition) is 5. The summed E-state index contributed by atoms with van der Waals surface area (Å²) in [5.74, 6) is -0.402. The molecule has 0 aliphatic carbocycles. The van der Waals surface area contributed by atoms with Crippen LogP contribution >= 0.6 is 0 Å². The topological polar surface area (TPSA) is 75.8 Å². The summed E-state index contributed by atoms with van der Waals surface area (Å²) in [5, 5.41) is 9.11. The molecule has 5 heteroatoms. The number of ether oxygens (including phenoxy) is 1. The number of hydrogen-bond donors (Lipinski definition) is 2. The number of carbonyl (C=O) groups is 1. The number of anilines is 2. The number of nitrogens with zero attached hydrogens (tertiary/aromatic N) is 1. The first kappa shape index (κ1) is 15.3. The Balaban J connectivity index is 2.94. The van der Waals surface area contributed by atoms with Crippen molar-refractivity contribution in [3.8, 4) is 0 Å². The second-order valence-corrected chi connectivity index (χ2v) is 4.33. The molecule has 1 aromatic rings. The third-order valence-electron chi connectivity index (χ3n) is 2.94. The van der Waals surface area contributed by atoms with Gasteiger partial charge in [-0.15, -0.1) is 0 Å². The maximum atomic E-state index is 11.4. The molecule has 0 spiro atoms. The van der Waals surface area contributed by atoms with Crippen molar-refractivity contribution in [2.45, 2.75) is 19.8 Å². The van der Waals surface area contributed by atoms with Crippen LogP contribution in [-0.4, -0.2) is 37.9 Å². The lowest BCUT2D eigenvalue weighted by molar-refractivity contribution is 0.0601. The van der Waals surface area contributed by atoms with Crippen molar-refractivity contribution in [1.29, 1.82) is 0 Å². The normalized spacial score (nSPS) is 10.3. The van der Waals surface area contributed by atoms with Crippen LogP contribution in [0.15, 0.2) is 18.2 Å². The number of rotatable bonds is 7. The predicted octanol–water partition coefficient (Wildman–Crippen LogP) is 1.65. The van der Waals surface area contributed by atoms with Crippen molar-refractivity contribution in [3.63, 3.8) is 0 Å². The molecule has 5 nitrogen and oxygen atoms in total. The second kappa shape index (κ2) is 7.63. The first-order valence-corrected chi connectivity index (χ1v) is 6.47. The van der Waals surface area contributed by atoms with Gasteiger partial charge in [0.05, 0.1) is 30.7 Å². The molecule has 3 N–H and O–H groups in total. The van der Waals surface area contributed by atoms with Gasteiger partial charge in [0.15, 0.2) is 0 Å². The summed E-state index contributed by atoms with van der Waals surface area (Å²) in [6.07, 6.45) is 2.10. The van der Waals surface area contributed by atoms with Gasteiger partial charge in [0.1, 0.15) is 0 Å². The zero-order valence-electron chi connectivity index (χ0n) is 11.6. The van der Waals surface area contributed by atoms with Gasteiger partial charge in [0.25, 0.3) is 0 Å². The summed E-state index contributed by atoms with van der Waals surface area (Å²) in [6.45, 7) is 3.54. The standard InChI is InChI=1S/C14H22N2O3/c1-3-4-7-16(8-9-17)13-6-5-11(10-12(13)15)14(18)19-2/h5-6,10,17H,3-4,7-9,15H2,1-2H3. The summed E-state index contributed by atoms with van der Waals surface area (Å²) in [6, 6.07) is 5.10. The van der Waals surface area contributed by atoms with Crippen LogP contribution < -0.4 is 10.6 Å². The predicted molar refractivity (Wildman–Crippen MR) is 76.4 cm³/mol. The second-order valence-electron chi connectivity index (χ2n) is 4.33. The van der Waals surface area contributed by atoms with Crippen LogP contribution in [-0.2, 0) is 4.74 Å². The quantitative estimate of drug-likeness (QED) is 0.580. The monoisotopic (exact) mass is 266 g/mol. The van der Waals surface area contributed by atoms with E-state index in [-0.39, 0.29) is 6.61 Å².